The first-order valence-electron chi connectivity index (χ1n) is 5.45. The second-order valence-corrected chi connectivity index (χ2v) is 4.34. The van der Waals surface area contributed by atoms with Crippen LogP contribution in [-0.2, 0) is 6.54 Å². The third kappa shape index (κ3) is 3.89. The molecule has 0 bridgehead atoms. The third-order valence-electron chi connectivity index (χ3n) is 2.68. The molecular weight excluding hydrogens is 231 g/mol. The molecule has 0 atom stereocenters. The summed E-state index contributed by atoms with van der Waals surface area (Å²) < 4.78 is 37.2. The number of halogens is 3. The molecule has 1 saturated carbocycles. The van der Waals surface area contributed by atoms with E-state index in [1.807, 2.05) is 0 Å². The Morgan fingerprint density at radius 3 is 2.53 bits per heavy atom. The molecule has 0 amide bonds. The maximum Gasteiger partial charge on any atom is 0.401 e. The van der Waals surface area contributed by atoms with Crippen LogP contribution in [0.2, 0.25) is 0 Å². The van der Waals surface area contributed by atoms with Gasteiger partial charge in [-0.05, 0) is 24.5 Å². The average molecular weight is 245 g/mol. The Morgan fingerprint density at radius 2 is 2.06 bits per heavy atom. The molecular formula is C11H14F3N3. The monoisotopic (exact) mass is 245 g/mol. The van der Waals surface area contributed by atoms with Gasteiger partial charge < -0.3 is 5.73 Å². The highest BCUT2D eigenvalue weighted by molar-refractivity contribution is 5.29. The van der Waals surface area contributed by atoms with Gasteiger partial charge in [-0.3, -0.25) is 4.90 Å². The molecule has 1 aromatic rings. The Hall–Kier alpha value is -1.30. The Kier molecular flexibility index (Phi) is 3.24. The molecule has 0 aromatic carbocycles. The number of nitrogens with two attached hydrogens (primary N) is 1. The van der Waals surface area contributed by atoms with Gasteiger partial charge in [-0.2, -0.15) is 13.2 Å². The highest BCUT2D eigenvalue weighted by Crippen LogP contribution is 2.31. The van der Waals surface area contributed by atoms with Crippen molar-refractivity contribution in [3.05, 3.63) is 23.9 Å². The Bertz CT molecular complexity index is 371. The fraction of sp³-hybridized carbons (Fsp3) is 0.545. The number of nitrogen functional groups attached to an aromatic ring is 1. The second kappa shape index (κ2) is 4.52. The van der Waals surface area contributed by atoms with E-state index in [4.69, 9.17) is 5.73 Å². The molecule has 1 fully saturated rings. The number of nitrogens with zero attached hydrogens (tertiary/aromatic N) is 2. The van der Waals surface area contributed by atoms with Crippen molar-refractivity contribution >= 4 is 5.82 Å². The van der Waals surface area contributed by atoms with Crippen LogP contribution < -0.4 is 5.73 Å². The first kappa shape index (κ1) is 12.2. The van der Waals surface area contributed by atoms with Gasteiger partial charge in [0.05, 0.1) is 6.54 Å². The van der Waals surface area contributed by atoms with Crippen molar-refractivity contribution in [3.8, 4) is 0 Å². The molecule has 1 aliphatic carbocycles. The van der Waals surface area contributed by atoms with Crippen molar-refractivity contribution < 1.29 is 13.2 Å². The summed E-state index contributed by atoms with van der Waals surface area (Å²) >= 11 is 0. The van der Waals surface area contributed by atoms with Crippen molar-refractivity contribution in [2.75, 3.05) is 12.3 Å². The largest absolute Gasteiger partial charge is 0.401 e. The minimum atomic E-state index is -4.15. The summed E-state index contributed by atoms with van der Waals surface area (Å²) in [6, 6.07) is 3.39. The molecule has 0 saturated heterocycles. The second-order valence-electron chi connectivity index (χ2n) is 4.34. The first-order valence-corrected chi connectivity index (χ1v) is 5.45. The highest BCUT2D eigenvalue weighted by atomic mass is 19.4. The summed E-state index contributed by atoms with van der Waals surface area (Å²) in [5.74, 6) is 0.377. The van der Waals surface area contributed by atoms with Crippen LogP contribution in [0.15, 0.2) is 18.3 Å². The Labute approximate surface area is 97.4 Å². The highest BCUT2D eigenvalue weighted by Gasteiger charge is 2.37. The molecule has 3 nitrogen and oxygen atoms in total. The molecule has 1 aliphatic rings. The van der Waals surface area contributed by atoms with Crippen molar-refractivity contribution in [1.29, 1.82) is 0 Å². The van der Waals surface area contributed by atoms with E-state index in [1.54, 1.807) is 12.1 Å². The van der Waals surface area contributed by atoms with Crippen LogP contribution in [0.1, 0.15) is 18.4 Å². The molecule has 0 spiro atoms. The summed E-state index contributed by atoms with van der Waals surface area (Å²) in [6.07, 6.45) is -0.929. The number of anilines is 1. The van der Waals surface area contributed by atoms with Gasteiger partial charge in [0, 0.05) is 18.8 Å². The standard InChI is InChI=1S/C11H14F3N3/c12-11(13,14)7-17(9-2-3-9)6-8-1-4-10(15)16-5-8/h1,4-5,9H,2-3,6-7H2,(H2,15,16). The smallest absolute Gasteiger partial charge is 0.384 e. The van der Waals surface area contributed by atoms with Crippen LogP contribution in [0.5, 0.6) is 0 Å². The number of hydrogen-bond acceptors (Lipinski definition) is 3. The van der Waals surface area contributed by atoms with Crippen LogP contribution in [-0.4, -0.2) is 28.6 Å². The van der Waals surface area contributed by atoms with Crippen LogP contribution in [0.25, 0.3) is 0 Å². The number of aromatic nitrogens is 1. The van der Waals surface area contributed by atoms with E-state index in [0.717, 1.165) is 18.4 Å². The van der Waals surface area contributed by atoms with Gasteiger partial charge in [0.1, 0.15) is 5.82 Å². The minimum Gasteiger partial charge on any atom is -0.384 e. The zero-order valence-electron chi connectivity index (χ0n) is 9.24. The summed E-state index contributed by atoms with van der Waals surface area (Å²) in [6.45, 7) is -0.584. The van der Waals surface area contributed by atoms with E-state index in [9.17, 15) is 13.2 Å². The van der Waals surface area contributed by atoms with Gasteiger partial charge in [-0.15, -0.1) is 0 Å². The predicted octanol–water partition coefficient (Wildman–Crippen LogP) is 2.19. The quantitative estimate of drug-likeness (QED) is 0.884. The molecule has 0 unspecified atom stereocenters. The lowest BCUT2D eigenvalue weighted by molar-refractivity contribution is -0.148. The van der Waals surface area contributed by atoms with Crippen LogP contribution >= 0.6 is 0 Å². The molecule has 0 aliphatic heterocycles. The molecule has 1 heterocycles. The summed E-state index contributed by atoms with van der Waals surface area (Å²) in [5.41, 5.74) is 6.19. The normalized spacial score (nSPS) is 16.5. The predicted molar refractivity (Wildman–Crippen MR) is 58.1 cm³/mol. The van der Waals surface area contributed by atoms with E-state index in [2.05, 4.69) is 4.98 Å². The van der Waals surface area contributed by atoms with E-state index >= 15 is 0 Å². The number of hydrogen-bond donors (Lipinski definition) is 1. The topological polar surface area (TPSA) is 42.1 Å². The first-order chi connectivity index (χ1) is 7.94. The fourth-order valence-corrected chi connectivity index (χ4v) is 1.75. The van der Waals surface area contributed by atoms with Gasteiger partial charge in [0.15, 0.2) is 0 Å². The Balaban J connectivity index is 2.00. The number of alkyl halides is 3. The van der Waals surface area contributed by atoms with Gasteiger partial charge in [0.2, 0.25) is 0 Å². The summed E-state index contributed by atoms with van der Waals surface area (Å²) in [5, 5.41) is 0. The van der Waals surface area contributed by atoms with Crippen molar-refractivity contribution in [1.82, 2.24) is 9.88 Å². The zero-order chi connectivity index (χ0) is 12.5. The SMILES string of the molecule is Nc1ccc(CN(CC(F)(F)F)C2CC2)cn1. The van der Waals surface area contributed by atoms with Gasteiger partial charge in [0.25, 0.3) is 0 Å². The maximum atomic E-state index is 12.4. The molecule has 94 valence electrons. The van der Waals surface area contributed by atoms with E-state index < -0.39 is 12.7 Å². The van der Waals surface area contributed by atoms with Crippen molar-refractivity contribution in [2.45, 2.75) is 31.6 Å². The lowest BCUT2D eigenvalue weighted by atomic mass is 10.2. The number of pyridine rings is 1. The summed E-state index contributed by atoms with van der Waals surface area (Å²) in [7, 11) is 0. The van der Waals surface area contributed by atoms with Crippen LogP contribution in [0, 0.1) is 0 Å². The molecule has 2 rings (SSSR count). The number of rotatable bonds is 4. The molecule has 1 aromatic heterocycles. The van der Waals surface area contributed by atoms with Gasteiger partial charge in [-0.1, -0.05) is 6.07 Å². The van der Waals surface area contributed by atoms with E-state index in [0.29, 0.717) is 5.82 Å². The van der Waals surface area contributed by atoms with E-state index in [-0.39, 0.29) is 12.6 Å². The molecule has 6 heteroatoms. The lowest BCUT2D eigenvalue weighted by Crippen LogP contribution is -2.35. The van der Waals surface area contributed by atoms with Crippen molar-refractivity contribution in [2.24, 2.45) is 0 Å². The Morgan fingerprint density at radius 1 is 1.35 bits per heavy atom. The lowest BCUT2D eigenvalue weighted by Gasteiger charge is -2.23. The molecule has 17 heavy (non-hydrogen) atoms. The third-order valence-corrected chi connectivity index (χ3v) is 2.68. The average Bonchev–Trinajstić information content (AvgIpc) is 3.01. The van der Waals surface area contributed by atoms with Gasteiger partial charge >= 0.3 is 6.18 Å². The molecule has 0 radical (unpaired) electrons. The van der Waals surface area contributed by atoms with E-state index in [1.165, 1.54) is 11.1 Å². The molecule has 2 N–H and O–H groups in total. The van der Waals surface area contributed by atoms with Crippen LogP contribution in [0.4, 0.5) is 19.0 Å². The van der Waals surface area contributed by atoms with Crippen LogP contribution in [0.3, 0.4) is 0 Å². The summed E-state index contributed by atoms with van der Waals surface area (Å²) in [4.78, 5) is 5.33. The fourth-order valence-electron chi connectivity index (χ4n) is 1.75. The van der Waals surface area contributed by atoms with Crippen molar-refractivity contribution in [3.63, 3.8) is 0 Å². The minimum absolute atomic E-state index is 0.0641. The maximum absolute atomic E-state index is 12.4. The van der Waals surface area contributed by atoms with Gasteiger partial charge in [-0.25, -0.2) is 4.98 Å². The zero-order valence-corrected chi connectivity index (χ0v) is 9.24.